The van der Waals surface area contributed by atoms with Crippen LogP contribution in [0.5, 0.6) is 0 Å². The number of carboxylic acid groups (broad SMARTS) is 1. The van der Waals surface area contributed by atoms with Crippen LogP contribution < -0.4 is 0 Å². The molecular formula is C25H24F3N3O3S. The molecule has 35 heavy (non-hydrogen) atoms. The van der Waals surface area contributed by atoms with Gasteiger partial charge in [-0.2, -0.15) is 0 Å². The van der Waals surface area contributed by atoms with Gasteiger partial charge in [0.15, 0.2) is 0 Å². The van der Waals surface area contributed by atoms with E-state index in [1.54, 1.807) is 6.07 Å². The van der Waals surface area contributed by atoms with E-state index in [0.29, 0.717) is 47.0 Å². The van der Waals surface area contributed by atoms with Gasteiger partial charge in [-0.3, -0.25) is 4.90 Å². The van der Waals surface area contributed by atoms with Crippen molar-refractivity contribution in [3.8, 4) is 10.6 Å². The monoisotopic (exact) mass is 503 g/mol. The maximum atomic E-state index is 15.0. The van der Waals surface area contributed by atoms with Crippen LogP contribution >= 0.6 is 11.3 Å². The molecule has 3 fully saturated rings. The van der Waals surface area contributed by atoms with Gasteiger partial charge in [-0.25, -0.2) is 27.9 Å². The number of pyridine rings is 1. The highest BCUT2D eigenvalue weighted by molar-refractivity contribution is 7.21. The number of likely N-dealkylation sites (tertiary alicyclic amines) is 1. The molecule has 2 aliphatic carbocycles. The van der Waals surface area contributed by atoms with E-state index < -0.39 is 12.1 Å². The van der Waals surface area contributed by atoms with Gasteiger partial charge in [-0.05, 0) is 55.0 Å². The number of benzene rings is 1. The summed E-state index contributed by atoms with van der Waals surface area (Å²) >= 11 is 1.31. The van der Waals surface area contributed by atoms with E-state index in [-0.39, 0.29) is 36.1 Å². The van der Waals surface area contributed by atoms with E-state index in [1.165, 1.54) is 17.4 Å². The fraction of sp³-hybridized carbons (Fsp3) is 0.480. The molecule has 1 aliphatic heterocycles. The van der Waals surface area contributed by atoms with E-state index in [2.05, 4.69) is 4.98 Å². The average molecular weight is 504 g/mol. The lowest BCUT2D eigenvalue weighted by atomic mass is 9.84. The second kappa shape index (κ2) is 8.16. The summed E-state index contributed by atoms with van der Waals surface area (Å²) in [5, 5.41) is 9.18. The first-order valence-corrected chi connectivity index (χ1v) is 12.6. The molecule has 0 bridgehead atoms. The van der Waals surface area contributed by atoms with Gasteiger partial charge in [0.2, 0.25) is 5.92 Å². The summed E-state index contributed by atoms with van der Waals surface area (Å²) < 4.78 is 47.4. The number of ether oxygens (including phenoxy) is 1. The fourth-order valence-corrected chi connectivity index (χ4v) is 6.56. The molecule has 1 atom stereocenters. The summed E-state index contributed by atoms with van der Waals surface area (Å²) in [6.45, 7) is 1.48. The molecular weight excluding hydrogens is 479 g/mol. The molecule has 2 saturated carbocycles. The van der Waals surface area contributed by atoms with Gasteiger partial charge in [-0.1, -0.05) is 17.4 Å². The molecule has 6 rings (SSSR count). The molecule has 0 spiro atoms. The van der Waals surface area contributed by atoms with Crippen molar-refractivity contribution in [2.75, 3.05) is 13.1 Å². The summed E-state index contributed by atoms with van der Waals surface area (Å²) in [7, 11) is 0. The Morgan fingerprint density at radius 1 is 1.17 bits per heavy atom. The van der Waals surface area contributed by atoms with Crippen LogP contribution in [0.1, 0.15) is 43.4 Å². The van der Waals surface area contributed by atoms with Gasteiger partial charge >= 0.3 is 6.16 Å². The minimum Gasteiger partial charge on any atom is -0.450 e. The van der Waals surface area contributed by atoms with Crippen LogP contribution in [0.4, 0.5) is 18.0 Å². The van der Waals surface area contributed by atoms with Crippen LogP contribution in [0.3, 0.4) is 0 Å². The van der Waals surface area contributed by atoms with Crippen molar-refractivity contribution in [3.63, 3.8) is 0 Å². The van der Waals surface area contributed by atoms with Crippen LogP contribution in [0, 0.1) is 11.7 Å². The highest BCUT2D eigenvalue weighted by atomic mass is 32.1. The highest BCUT2D eigenvalue weighted by Gasteiger charge is 2.57. The number of rotatable bonds is 6. The topological polar surface area (TPSA) is 75.6 Å². The smallest absolute Gasteiger partial charge is 0.450 e. The van der Waals surface area contributed by atoms with E-state index in [4.69, 9.17) is 14.8 Å². The fourth-order valence-electron chi connectivity index (χ4n) is 5.60. The van der Waals surface area contributed by atoms with Gasteiger partial charge in [0.1, 0.15) is 27.3 Å². The second-order valence-corrected chi connectivity index (χ2v) is 11.0. The Bertz CT molecular complexity index is 1300. The second-order valence-electron chi connectivity index (χ2n) is 10.0. The lowest BCUT2D eigenvalue weighted by Gasteiger charge is -2.37. The maximum absolute atomic E-state index is 15.0. The first-order chi connectivity index (χ1) is 16.7. The number of alkyl halides is 2. The van der Waals surface area contributed by atoms with Crippen molar-refractivity contribution in [2.45, 2.75) is 56.1 Å². The zero-order valence-electron chi connectivity index (χ0n) is 18.8. The zero-order valence-corrected chi connectivity index (χ0v) is 19.7. The van der Waals surface area contributed by atoms with Crippen LogP contribution in [-0.4, -0.2) is 51.2 Å². The number of carbonyl (C=O) groups is 1. The minimum absolute atomic E-state index is 0.0443. The standard InChI is InChI=1S/C25H24F3N3O3S/c26-18-9-14(11-31-12-16(13-31)34-23(32)33)1-2-17(18)21-29-19-3-4-20(30-22(19)35-21)24(7-8-24)15-5-6-25(27,28)10-15/h1-4,9,15-16H,5-8,10-13H2,(H,32,33)/t15-/m0/s1. The lowest BCUT2D eigenvalue weighted by Crippen LogP contribution is -2.52. The molecule has 1 saturated heterocycles. The molecule has 184 valence electrons. The molecule has 0 unspecified atom stereocenters. The summed E-state index contributed by atoms with van der Waals surface area (Å²) in [6, 6.07) is 8.80. The van der Waals surface area contributed by atoms with E-state index >= 15 is 0 Å². The predicted octanol–water partition coefficient (Wildman–Crippen LogP) is 5.84. The molecule has 1 aromatic carbocycles. The van der Waals surface area contributed by atoms with Gasteiger partial charge < -0.3 is 9.84 Å². The number of nitrogens with zero attached hydrogens (tertiary/aromatic N) is 3. The molecule has 3 aliphatic rings. The largest absolute Gasteiger partial charge is 0.506 e. The third-order valence-corrected chi connectivity index (χ3v) is 8.60. The summed E-state index contributed by atoms with van der Waals surface area (Å²) in [4.78, 5) is 22.6. The number of hydrogen-bond donors (Lipinski definition) is 1. The third kappa shape index (κ3) is 4.27. The van der Waals surface area contributed by atoms with E-state index in [9.17, 15) is 18.0 Å². The molecule has 0 amide bonds. The highest BCUT2D eigenvalue weighted by Crippen LogP contribution is 2.60. The van der Waals surface area contributed by atoms with Crippen molar-refractivity contribution in [1.29, 1.82) is 0 Å². The van der Waals surface area contributed by atoms with E-state index in [1.807, 2.05) is 23.1 Å². The van der Waals surface area contributed by atoms with Crippen LogP contribution in [-0.2, 0) is 16.7 Å². The average Bonchev–Trinajstić information content (AvgIpc) is 3.34. The molecule has 2 aromatic heterocycles. The summed E-state index contributed by atoms with van der Waals surface area (Å²) in [5.41, 5.74) is 2.46. The van der Waals surface area contributed by atoms with Crippen LogP contribution in [0.2, 0.25) is 0 Å². The normalized spacial score (nSPS) is 23.3. The van der Waals surface area contributed by atoms with Crippen molar-refractivity contribution in [3.05, 3.63) is 47.4 Å². The Morgan fingerprint density at radius 3 is 2.63 bits per heavy atom. The van der Waals surface area contributed by atoms with Crippen molar-refractivity contribution >= 4 is 27.8 Å². The Kier molecular flexibility index (Phi) is 5.30. The quantitative estimate of drug-likeness (QED) is 0.426. The Morgan fingerprint density at radius 2 is 1.97 bits per heavy atom. The SMILES string of the molecule is O=C(O)OC1CN(Cc2ccc(-c3nc4ccc(C5([C@H]6CCC(F)(F)C6)CC5)nc4s3)c(F)c2)C1. The maximum Gasteiger partial charge on any atom is 0.506 e. The van der Waals surface area contributed by atoms with Gasteiger partial charge in [0.25, 0.3) is 0 Å². The Hall–Kier alpha value is -2.72. The van der Waals surface area contributed by atoms with Crippen LogP contribution in [0.25, 0.3) is 20.9 Å². The predicted molar refractivity (Wildman–Crippen MR) is 124 cm³/mol. The van der Waals surface area contributed by atoms with Gasteiger partial charge in [0.05, 0.1) is 0 Å². The number of aromatic nitrogens is 2. The van der Waals surface area contributed by atoms with Crippen molar-refractivity contribution in [2.24, 2.45) is 5.92 Å². The van der Waals surface area contributed by atoms with Gasteiger partial charge in [-0.15, -0.1) is 0 Å². The van der Waals surface area contributed by atoms with E-state index in [0.717, 1.165) is 24.1 Å². The molecule has 3 heterocycles. The van der Waals surface area contributed by atoms with Crippen molar-refractivity contribution < 1.29 is 27.8 Å². The first kappa shape index (κ1) is 22.7. The molecule has 1 N–H and O–H groups in total. The molecule has 3 aromatic rings. The lowest BCUT2D eigenvalue weighted by molar-refractivity contribution is -0.0363. The van der Waals surface area contributed by atoms with Crippen molar-refractivity contribution in [1.82, 2.24) is 14.9 Å². The zero-order chi connectivity index (χ0) is 24.4. The summed E-state index contributed by atoms with van der Waals surface area (Å²) in [6.07, 6.45) is 0.566. The molecule has 10 heteroatoms. The molecule has 0 radical (unpaired) electrons. The number of halogens is 3. The Balaban J connectivity index is 1.18. The minimum atomic E-state index is -2.57. The number of thiazole rings is 1. The number of fused-ring (bicyclic) bond motifs is 1. The molecule has 6 nitrogen and oxygen atoms in total. The first-order valence-electron chi connectivity index (χ1n) is 11.8. The third-order valence-electron chi connectivity index (χ3n) is 7.60. The van der Waals surface area contributed by atoms with Gasteiger partial charge in [0, 0.05) is 49.1 Å². The summed E-state index contributed by atoms with van der Waals surface area (Å²) in [5.74, 6) is -3.00. The van der Waals surface area contributed by atoms with Crippen LogP contribution in [0.15, 0.2) is 30.3 Å². The number of hydrogen-bond acceptors (Lipinski definition) is 6. The Labute approximate surface area is 203 Å².